The first-order chi connectivity index (χ1) is 9.65. The van der Waals surface area contributed by atoms with Crippen molar-refractivity contribution in [2.24, 2.45) is 5.73 Å². The SMILES string of the molecule is Cc1cc(C)cc(C(N)c2ccnc3ccccc23)c1. The molecule has 0 aliphatic carbocycles. The molecule has 0 aliphatic rings. The molecule has 0 aliphatic heterocycles. The van der Waals surface area contributed by atoms with Crippen molar-refractivity contribution in [3.05, 3.63) is 77.0 Å². The highest BCUT2D eigenvalue weighted by Crippen LogP contribution is 2.27. The summed E-state index contributed by atoms with van der Waals surface area (Å²) in [6.07, 6.45) is 1.83. The quantitative estimate of drug-likeness (QED) is 0.760. The zero-order chi connectivity index (χ0) is 14.1. The third kappa shape index (κ3) is 2.30. The summed E-state index contributed by atoms with van der Waals surface area (Å²) in [5, 5.41) is 1.13. The summed E-state index contributed by atoms with van der Waals surface area (Å²) in [5.74, 6) is 0. The number of nitrogens with two attached hydrogens (primary N) is 1. The Bertz CT molecular complexity index is 737. The second-order valence-corrected chi connectivity index (χ2v) is 5.32. The van der Waals surface area contributed by atoms with Crippen LogP contribution in [0.4, 0.5) is 0 Å². The van der Waals surface area contributed by atoms with Crippen LogP contribution in [0.5, 0.6) is 0 Å². The summed E-state index contributed by atoms with van der Waals surface area (Å²) in [7, 11) is 0. The highest BCUT2D eigenvalue weighted by atomic mass is 14.7. The molecule has 0 radical (unpaired) electrons. The van der Waals surface area contributed by atoms with E-state index in [1.165, 1.54) is 11.1 Å². The van der Waals surface area contributed by atoms with Gasteiger partial charge < -0.3 is 5.73 Å². The van der Waals surface area contributed by atoms with Crippen molar-refractivity contribution in [2.45, 2.75) is 19.9 Å². The molecule has 3 rings (SSSR count). The van der Waals surface area contributed by atoms with Crippen molar-refractivity contribution in [3.63, 3.8) is 0 Å². The smallest absolute Gasteiger partial charge is 0.0705 e. The van der Waals surface area contributed by atoms with E-state index in [0.29, 0.717) is 0 Å². The van der Waals surface area contributed by atoms with Gasteiger partial charge in [-0.15, -0.1) is 0 Å². The molecule has 0 bridgehead atoms. The number of hydrogen-bond donors (Lipinski definition) is 1. The van der Waals surface area contributed by atoms with Crippen LogP contribution in [0.1, 0.15) is 28.3 Å². The zero-order valence-corrected chi connectivity index (χ0v) is 11.8. The fourth-order valence-electron chi connectivity index (χ4n) is 2.76. The maximum absolute atomic E-state index is 6.49. The molecule has 1 unspecified atom stereocenters. The van der Waals surface area contributed by atoms with Gasteiger partial charge in [0.2, 0.25) is 0 Å². The van der Waals surface area contributed by atoms with Crippen LogP contribution in [0.25, 0.3) is 10.9 Å². The van der Waals surface area contributed by atoms with Crippen LogP contribution in [0, 0.1) is 13.8 Å². The zero-order valence-electron chi connectivity index (χ0n) is 11.8. The van der Waals surface area contributed by atoms with Crippen molar-refractivity contribution < 1.29 is 0 Å². The lowest BCUT2D eigenvalue weighted by atomic mass is 9.94. The third-order valence-corrected chi connectivity index (χ3v) is 3.62. The number of benzene rings is 2. The van der Waals surface area contributed by atoms with E-state index in [1.54, 1.807) is 0 Å². The van der Waals surface area contributed by atoms with Crippen molar-refractivity contribution in [1.82, 2.24) is 4.98 Å². The number of aryl methyl sites for hydroxylation is 2. The van der Waals surface area contributed by atoms with Gasteiger partial charge in [-0.05, 0) is 37.1 Å². The van der Waals surface area contributed by atoms with Gasteiger partial charge in [-0.2, -0.15) is 0 Å². The van der Waals surface area contributed by atoms with Crippen molar-refractivity contribution >= 4 is 10.9 Å². The van der Waals surface area contributed by atoms with Gasteiger partial charge in [0, 0.05) is 11.6 Å². The number of aromatic nitrogens is 1. The normalized spacial score (nSPS) is 12.6. The van der Waals surface area contributed by atoms with Crippen LogP contribution < -0.4 is 5.73 Å². The summed E-state index contributed by atoms with van der Waals surface area (Å²) in [6.45, 7) is 4.21. The van der Waals surface area contributed by atoms with E-state index in [9.17, 15) is 0 Å². The molecule has 0 fully saturated rings. The second-order valence-electron chi connectivity index (χ2n) is 5.32. The molecule has 2 N–H and O–H groups in total. The molecule has 1 aromatic heterocycles. The Balaban J connectivity index is 2.15. The lowest BCUT2D eigenvalue weighted by molar-refractivity contribution is 0.875. The molecular weight excluding hydrogens is 244 g/mol. The summed E-state index contributed by atoms with van der Waals surface area (Å²) < 4.78 is 0. The molecule has 2 aromatic carbocycles. The molecule has 3 aromatic rings. The molecule has 100 valence electrons. The molecule has 2 nitrogen and oxygen atoms in total. The summed E-state index contributed by atoms with van der Waals surface area (Å²) in [5.41, 5.74) is 12.2. The fraction of sp³-hybridized carbons (Fsp3) is 0.167. The van der Waals surface area contributed by atoms with Crippen LogP contribution in [-0.2, 0) is 0 Å². The van der Waals surface area contributed by atoms with Gasteiger partial charge in [0.1, 0.15) is 0 Å². The molecule has 1 atom stereocenters. The summed E-state index contributed by atoms with van der Waals surface area (Å²) in [4.78, 5) is 4.40. The average Bonchev–Trinajstić information content (AvgIpc) is 2.45. The Kier molecular flexibility index (Phi) is 3.25. The van der Waals surface area contributed by atoms with E-state index in [0.717, 1.165) is 22.0 Å². The highest BCUT2D eigenvalue weighted by molar-refractivity contribution is 5.82. The van der Waals surface area contributed by atoms with Gasteiger partial charge in [-0.3, -0.25) is 4.98 Å². The molecule has 2 heteroatoms. The van der Waals surface area contributed by atoms with Gasteiger partial charge in [-0.1, -0.05) is 47.5 Å². The molecule has 20 heavy (non-hydrogen) atoms. The van der Waals surface area contributed by atoms with Crippen LogP contribution in [-0.4, -0.2) is 4.98 Å². The Hall–Kier alpha value is -2.19. The minimum absolute atomic E-state index is 0.124. The van der Waals surface area contributed by atoms with Crippen molar-refractivity contribution in [2.75, 3.05) is 0 Å². The number of hydrogen-bond acceptors (Lipinski definition) is 2. The maximum Gasteiger partial charge on any atom is 0.0705 e. The number of pyridine rings is 1. The van der Waals surface area contributed by atoms with Crippen LogP contribution in [0.15, 0.2) is 54.7 Å². The predicted molar refractivity (Wildman–Crippen MR) is 83.7 cm³/mol. The van der Waals surface area contributed by atoms with Crippen molar-refractivity contribution in [1.29, 1.82) is 0 Å². The van der Waals surface area contributed by atoms with E-state index < -0.39 is 0 Å². The maximum atomic E-state index is 6.49. The molecule has 1 heterocycles. The molecule has 0 saturated heterocycles. The first-order valence-corrected chi connectivity index (χ1v) is 6.82. The molecule has 0 spiro atoms. The van der Waals surface area contributed by atoms with E-state index >= 15 is 0 Å². The van der Waals surface area contributed by atoms with Crippen LogP contribution >= 0.6 is 0 Å². The van der Waals surface area contributed by atoms with Gasteiger partial charge in [-0.25, -0.2) is 0 Å². The number of rotatable bonds is 2. The lowest BCUT2D eigenvalue weighted by Gasteiger charge is -2.16. The van der Waals surface area contributed by atoms with E-state index in [-0.39, 0.29) is 6.04 Å². The average molecular weight is 262 g/mol. The topological polar surface area (TPSA) is 38.9 Å². The van der Waals surface area contributed by atoms with Gasteiger partial charge in [0.05, 0.1) is 11.6 Å². The minimum atomic E-state index is -0.124. The Morgan fingerprint density at radius 2 is 1.65 bits per heavy atom. The Morgan fingerprint density at radius 3 is 2.40 bits per heavy atom. The summed E-state index contributed by atoms with van der Waals surface area (Å²) >= 11 is 0. The first kappa shape index (κ1) is 12.8. The largest absolute Gasteiger partial charge is 0.320 e. The van der Waals surface area contributed by atoms with Gasteiger partial charge in [0.25, 0.3) is 0 Å². The molecule has 0 amide bonds. The number of para-hydroxylation sites is 1. The Labute approximate surface area is 119 Å². The molecular formula is C18H18N2. The second kappa shape index (κ2) is 5.06. The Morgan fingerprint density at radius 1 is 0.950 bits per heavy atom. The van der Waals surface area contributed by atoms with Crippen LogP contribution in [0.3, 0.4) is 0 Å². The summed E-state index contributed by atoms with van der Waals surface area (Å²) in [6, 6.07) is 16.5. The third-order valence-electron chi connectivity index (χ3n) is 3.62. The predicted octanol–water partition coefficient (Wildman–Crippen LogP) is 3.90. The van der Waals surface area contributed by atoms with Crippen molar-refractivity contribution in [3.8, 4) is 0 Å². The standard InChI is InChI=1S/C18H18N2/c1-12-9-13(2)11-14(10-12)18(19)16-7-8-20-17-6-4-3-5-15(16)17/h3-11,18H,19H2,1-2H3. The molecule has 0 saturated carbocycles. The number of nitrogens with zero attached hydrogens (tertiary/aromatic N) is 1. The van der Waals surface area contributed by atoms with E-state index in [2.05, 4.69) is 43.1 Å². The lowest BCUT2D eigenvalue weighted by Crippen LogP contribution is -2.13. The fourth-order valence-corrected chi connectivity index (χ4v) is 2.76. The first-order valence-electron chi connectivity index (χ1n) is 6.82. The van der Waals surface area contributed by atoms with E-state index in [1.807, 2.05) is 30.5 Å². The van der Waals surface area contributed by atoms with Gasteiger partial charge >= 0.3 is 0 Å². The van der Waals surface area contributed by atoms with Crippen LogP contribution in [0.2, 0.25) is 0 Å². The minimum Gasteiger partial charge on any atom is -0.320 e. The van der Waals surface area contributed by atoms with E-state index in [4.69, 9.17) is 5.73 Å². The highest BCUT2D eigenvalue weighted by Gasteiger charge is 2.13. The monoisotopic (exact) mass is 262 g/mol. The van der Waals surface area contributed by atoms with Gasteiger partial charge in [0.15, 0.2) is 0 Å². The number of fused-ring (bicyclic) bond motifs is 1.